The molecule has 0 spiro atoms. The van der Waals surface area contributed by atoms with E-state index in [1.54, 1.807) is 6.26 Å². The van der Waals surface area contributed by atoms with Crippen molar-refractivity contribution in [2.75, 3.05) is 18.4 Å². The van der Waals surface area contributed by atoms with Crippen LogP contribution in [0, 0.1) is 6.92 Å². The smallest absolute Gasteiger partial charge is 0.205 e. The number of pyridine rings is 1. The first kappa shape index (κ1) is 14.3. The Kier molecular flexibility index (Phi) is 3.75. The van der Waals surface area contributed by atoms with Crippen molar-refractivity contribution in [1.82, 2.24) is 19.9 Å². The van der Waals surface area contributed by atoms with E-state index < -0.39 is 0 Å². The fourth-order valence-electron chi connectivity index (χ4n) is 3.13. The molecule has 1 fully saturated rings. The number of aryl methyl sites for hydroxylation is 1. The molecule has 2 N–H and O–H groups in total. The number of piperidine rings is 1. The summed E-state index contributed by atoms with van der Waals surface area (Å²) in [6.45, 7) is 4.77. The largest absolute Gasteiger partial charge is 0.469 e. The van der Waals surface area contributed by atoms with Gasteiger partial charge in [0.15, 0.2) is 5.65 Å². The first-order chi connectivity index (χ1) is 11.3. The molecule has 120 valence electrons. The van der Waals surface area contributed by atoms with E-state index >= 15 is 0 Å². The second-order valence-corrected chi connectivity index (χ2v) is 6.10. The van der Waals surface area contributed by atoms with Crippen molar-refractivity contribution in [3.63, 3.8) is 0 Å². The number of nitrogens with zero attached hydrogens (tertiary/aromatic N) is 3. The van der Waals surface area contributed by atoms with Gasteiger partial charge in [0.1, 0.15) is 11.3 Å². The fourth-order valence-corrected chi connectivity index (χ4v) is 3.13. The molecule has 4 rings (SSSR count). The molecule has 0 saturated carbocycles. The monoisotopic (exact) mass is 311 g/mol. The van der Waals surface area contributed by atoms with Gasteiger partial charge in [0.05, 0.1) is 12.8 Å². The van der Waals surface area contributed by atoms with Crippen LogP contribution < -0.4 is 10.6 Å². The number of rotatable bonds is 4. The van der Waals surface area contributed by atoms with Crippen LogP contribution in [0.25, 0.3) is 11.2 Å². The fraction of sp³-hybridized carbons (Fsp3) is 0.412. The highest BCUT2D eigenvalue weighted by atomic mass is 16.3. The molecule has 0 unspecified atom stereocenters. The highest BCUT2D eigenvalue weighted by Gasteiger charge is 2.18. The van der Waals surface area contributed by atoms with Crippen LogP contribution in [0.2, 0.25) is 0 Å². The Morgan fingerprint density at radius 2 is 2.26 bits per heavy atom. The van der Waals surface area contributed by atoms with Gasteiger partial charge in [0, 0.05) is 17.8 Å². The topological polar surface area (TPSA) is 67.9 Å². The van der Waals surface area contributed by atoms with E-state index in [2.05, 4.69) is 26.3 Å². The summed E-state index contributed by atoms with van der Waals surface area (Å²) in [5.41, 5.74) is 2.95. The van der Waals surface area contributed by atoms with Crippen LogP contribution in [0.15, 0.2) is 35.1 Å². The molecular weight excluding hydrogens is 290 g/mol. The molecule has 1 aliphatic rings. The summed E-state index contributed by atoms with van der Waals surface area (Å²) in [7, 11) is 0. The zero-order valence-electron chi connectivity index (χ0n) is 13.2. The zero-order valence-corrected chi connectivity index (χ0v) is 13.2. The number of anilines is 1. The Balaban J connectivity index is 1.68. The molecule has 6 heteroatoms. The Bertz CT molecular complexity index is 800. The molecule has 1 aliphatic heterocycles. The number of hydrogen-bond donors (Lipinski definition) is 2. The van der Waals surface area contributed by atoms with Crippen LogP contribution in [-0.2, 0) is 6.54 Å². The number of hydrogen-bond acceptors (Lipinski definition) is 5. The van der Waals surface area contributed by atoms with E-state index in [-0.39, 0.29) is 0 Å². The molecule has 0 aliphatic carbocycles. The van der Waals surface area contributed by atoms with Crippen molar-refractivity contribution in [3.8, 4) is 0 Å². The van der Waals surface area contributed by atoms with Gasteiger partial charge in [0.2, 0.25) is 5.95 Å². The second kappa shape index (κ2) is 6.04. The molecule has 3 aromatic rings. The Hall–Kier alpha value is -2.34. The van der Waals surface area contributed by atoms with Crippen LogP contribution in [0.5, 0.6) is 0 Å². The van der Waals surface area contributed by atoms with Gasteiger partial charge in [-0.25, -0.2) is 9.97 Å². The maximum absolute atomic E-state index is 5.43. The van der Waals surface area contributed by atoms with E-state index in [0.29, 0.717) is 12.6 Å². The molecule has 0 bridgehead atoms. The number of imidazole rings is 1. The lowest BCUT2D eigenvalue weighted by Gasteiger charge is -2.24. The minimum absolute atomic E-state index is 0.456. The summed E-state index contributed by atoms with van der Waals surface area (Å²) in [5, 5.41) is 7.00. The number of nitrogens with one attached hydrogen (secondary N) is 2. The second-order valence-electron chi connectivity index (χ2n) is 6.10. The molecule has 3 aromatic heterocycles. The molecule has 0 aromatic carbocycles. The van der Waals surface area contributed by atoms with Crippen LogP contribution in [0.3, 0.4) is 0 Å². The van der Waals surface area contributed by atoms with Crippen molar-refractivity contribution >= 4 is 17.1 Å². The van der Waals surface area contributed by atoms with E-state index in [1.807, 2.05) is 25.3 Å². The minimum Gasteiger partial charge on any atom is -0.469 e. The average Bonchev–Trinajstić information content (AvgIpc) is 3.13. The third kappa shape index (κ3) is 2.94. The quantitative estimate of drug-likeness (QED) is 0.775. The third-order valence-corrected chi connectivity index (χ3v) is 4.30. The standard InChI is InChI=1S/C17H21N5O/c1-12-9-13(11-23-12)10-22-16-15(3-2-6-19-16)21-17(22)20-14-4-7-18-8-5-14/h2-3,6,9,11,14,18H,4-5,7-8,10H2,1H3,(H,20,21). The van der Waals surface area contributed by atoms with E-state index in [1.165, 1.54) is 0 Å². The SMILES string of the molecule is Cc1cc(Cn2c(NC3CCNCC3)nc3cccnc32)co1. The van der Waals surface area contributed by atoms with Gasteiger partial charge in [-0.05, 0) is 51.1 Å². The molecular formula is C17H21N5O. The maximum Gasteiger partial charge on any atom is 0.205 e. The number of furan rings is 1. The zero-order chi connectivity index (χ0) is 15.6. The van der Waals surface area contributed by atoms with Crippen molar-refractivity contribution in [3.05, 3.63) is 42.0 Å². The predicted molar refractivity (Wildman–Crippen MR) is 89.6 cm³/mol. The lowest BCUT2D eigenvalue weighted by atomic mass is 10.1. The van der Waals surface area contributed by atoms with Crippen molar-refractivity contribution in [2.24, 2.45) is 0 Å². The Labute approximate surface area is 134 Å². The predicted octanol–water partition coefficient (Wildman–Crippen LogP) is 2.54. The van der Waals surface area contributed by atoms with Crippen molar-refractivity contribution in [2.45, 2.75) is 32.4 Å². The van der Waals surface area contributed by atoms with Crippen molar-refractivity contribution < 1.29 is 4.42 Å². The third-order valence-electron chi connectivity index (χ3n) is 4.30. The van der Waals surface area contributed by atoms with Gasteiger partial charge < -0.3 is 15.1 Å². The molecule has 0 amide bonds. The van der Waals surface area contributed by atoms with Crippen LogP contribution in [-0.4, -0.2) is 33.7 Å². The maximum atomic E-state index is 5.43. The molecule has 1 saturated heterocycles. The lowest BCUT2D eigenvalue weighted by molar-refractivity contribution is 0.475. The van der Waals surface area contributed by atoms with Gasteiger partial charge >= 0.3 is 0 Å². The van der Waals surface area contributed by atoms with Gasteiger partial charge in [0.25, 0.3) is 0 Å². The van der Waals surface area contributed by atoms with Crippen molar-refractivity contribution in [1.29, 1.82) is 0 Å². The first-order valence-corrected chi connectivity index (χ1v) is 8.12. The number of aromatic nitrogens is 3. The summed E-state index contributed by atoms with van der Waals surface area (Å²) in [5.74, 6) is 1.81. The van der Waals surface area contributed by atoms with Crippen LogP contribution in [0.1, 0.15) is 24.2 Å². The first-order valence-electron chi connectivity index (χ1n) is 8.12. The van der Waals surface area contributed by atoms with Gasteiger partial charge in [-0.2, -0.15) is 0 Å². The normalized spacial score (nSPS) is 16.0. The summed E-state index contributed by atoms with van der Waals surface area (Å²) >= 11 is 0. The van der Waals surface area contributed by atoms with Gasteiger partial charge in [-0.3, -0.25) is 4.57 Å². The van der Waals surface area contributed by atoms with E-state index in [9.17, 15) is 0 Å². The molecule has 0 radical (unpaired) electrons. The van der Waals surface area contributed by atoms with E-state index in [4.69, 9.17) is 9.40 Å². The summed E-state index contributed by atoms with van der Waals surface area (Å²) in [6.07, 6.45) is 5.84. The minimum atomic E-state index is 0.456. The summed E-state index contributed by atoms with van der Waals surface area (Å²) in [6, 6.07) is 6.45. The molecule has 6 nitrogen and oxygen atoms in total. The van der Waals surface area contributed by atoms with Gasteiger partial charge in [-0.1, -0.05) is 0 Å². The molecule has 0 atom stereocenters. The Morgan fingerprint density at radius 3 is 3.04 bits per heavy atom. The highest BCUT2D eigenvalue weighted by molar-refractivity contribution is 5.74. The highest BCUT2D eigenvalue weighted by Crippen LogP contribution is 2.22. The van der Waals surface area contributed by atoms with E-state index in [0.717, 1.165) is 54.4 Å². The number of fused-ring (bicyclic) bond motifs is 1. The average molecular weight is 311 g/mol. The van der Waals surface area contributed by atoms with Crippen LogP contribution in [0.4, 0.5) is 5.95 Å². The molecule has 23 heavy (non-hydrogen) atoms. The molecule has 4 heterocycles. The van der Waals surface area contributed by atoms with Gasteiger partial charge in [-0.15, -0.1) is 0 Å². The lowest BCUT2D eigenvalue weighted by Crippen LogP contribution is -2.36. The summed E-state index contributed by atoms with van der Waals surface area (Å²) < 4.78 is 7.57. The van der Waals surface area contributed by atoms with Crippen LogP contribution >= 0.6 is 0 Å². The summed E-state index contributed by atoms with van der Waals surface area (Å²) in [4.78, 5) is 9.26. The Morgan fingerprint density at radius 1 is 1.39 bits per heavy atom.